The van der Waals surface area contributed by atoms with Crippen LogP contribution in [0.15, 0.2) is 11.5 Å². The highest BCUT2D eigenvalue weighted by molar-refractivity contribution is 8.00. The van der Waals surface area contributed by atoms with Crippen LogP contribution in [0.25, 0.3) is 0 Å². The van der Waals surface area contributed by atoms with Crippen molar-refractivity contribution in [3.63, 3.8) is 0 Å². The van der Waals surface area contributed by atoms with Gasteiger partial charge in [-0.05, 0) is 38.5 Å². The second kappa shape index (κ2) is 6.81. The molecule has 6 heteroatoms. The van der Waals surface area contributed by atoms with Gasteiger partial charge in [-0.25, -0.2) is 0 Å². The van der Waals surface area contributed by atoms with E-state index in [-0.39, 0.29) is 11.2 Å². The van der Waals surface area contributed by atoms with Crippen molar-refractivity contribution in [3.05, 3.63) is 6.33 Å². The van der Waals surface area contributed by atoms with Crippen LogP contribution < -0.4 is 5.32 Å². The first-order chi connectivity index (χ1) is 10.2. The highest BCUT2D eigenvalue weighted by Crippen LogP contribution is 2.38. The van der Waals surface area contributed by atoms with Gasteiger partial charge in [-0.2, -0.15) is 0 Å². The highest BCUT2D eigenvalue weighted by atomic mass is 32.2. The molecule has 0 radical (unpaired) electrons. The fraction of sp³-hybridized carbons (Fsp3) is 0.800. The molecule has 1 aromatic rings. The molecule has 1 aromatic heterocycles. The van der Waals surface area contributed by atoms with E-state index in [1.807, 2.05) is 6.92 Å². The fourth-order valence-electron chi connectivity index (χ4n) is 2.91. The standard InChI is InChI=1S/C15H24N4OS/c1-11(14(20)16-9-12-5-3-2-4-6-12)21-15-18-17-10-19(15)13-7-8-13/h10-13H,2-9H2,1H3,(H,16,20). The van der Waals surface area contributed by atoms with Crippen molar-refractivity contribution in [2.75, 3.05) is 6.54 Å². The van der Waals surface area contributed by atoms with Gasteiger partial charge in [0.05, 0.1) is 5.25 Å². The predicted molar refractivity (Wildman–Crippen MR) is 83.2 cm³/mol. The summed E-state index contributed by atoms with van der Waals surface area (Å²) in [5, 5.41) is 12.0. The molecular weight excluding hydrogens is 284 g/mol. The van der Waals surface area contributed by atoms with E-state index in [0.717, 1.165) is 11.7 Å². The summed E-state index contributed by atoms with van der Waals surface area (Å²) in [6, 6.07) is 0.556. The second-order valence-electron chi connectivity index (χ2n) is 6.26. The number of hydrogen-bond acceptors (Lipinski definition) is 4. The molecule has 2 aliphatic carbocycles. The van der Waals surface area contributed by atoms with E-state index in [1.165, 1.54) is 56.7 Å². The van der Waals surface area contributed by atoms with E-state index < -0.39 is 0 Å². The Bertz CT molecular complexity index is 480. The number of hydrogen-bond donors (Lipinski definition) is 1. The average Bonchev–Trinajstić information content (AvgIpc) is 3.26. The van der Waals surface area contributed by atoms with Crippen LogP contribution >= 0.6 is 11.8 Å². The van der Waals surface area contributed by atoms with Gasteiger partial charge in [0.25, 0.3) is 0 Å². The van der Waals surface area contributed by atoms with Crippen molar-refractivity contribution in [3.8, 4) is 0 Å². The largest absolute Gasteiger partial charge is 0.355 e. The van der Waals surface area contributed by atoms with Gasteiger partial charge in [0, 0.05) is 12.6 Å². The van der Waals surface area contributed by atoms with Gasteiger partial charge in [0.15, 0.2) is 5.16 Å². The van der Waals surface area contributed by atoms with E-state index in [9.17, 15) is 4.79 Å². The van der Waals surface area contributed by atoms with Crippen molar-refractivity contribution in [2.45, 2.75) is 68.3 Å². The predicted octanol–water partition coefficient (Wildman–Crippen LogP) is 2.79. The van der Waals surface area contributed by atoms with Gasteiger partial charge in [-0.3, -0.25) is 4.79 Å². The van der Waals surface area contributed by atoms with Crippen LogP contribution in [0.5, 0.6) is 0 Å². The van der Waals surface area contributed by atoms with Gasteiger partial charge >= 0.3 is 0 Å². The van der Waals surface area contributed by atoms with E-state index in [2.05, 4.69) is 20.1 Å². The number of nitrogens with zero attached hydrogens (tertiary/aromatic N) is 3. The number of thioether (sulfide) groups is 1. The molecule has 5 nitrogen and oxygen atoms in total. The molecule has 0 aromatic carbocycles. The molecule has 1 amide bonds. The summed E-state index contributed by atoms with van der Waals surface area (Å²) < 4.78 is 2.11. The summed E-state index contributed by atoms with van der Waals surface area (Å²) in [4.78, 5) is 12.2. The van der Waals surface area contributed by atoms with Crippen LogP contribution in [0.3, 0.4) is 0 Å². The van der Waals surface area contributed by atoms with Crippen molar-refractivity contribution >= 4 is 17.7 Å². The Morgan fingerprint density at radius 1 is 1.38 bits per heavy atom. The molecule has 2 saturated carbocycles. The Labute approximate surface area is 130 Å². The van der Waals surface area contributed by atoms with Crippen molar-refractivity contribution in [1.29, 1.82) is 0 Å². The molecule has 1 N–H and O–H groups in total. The molecular formula is C15H24N4OS. The summed E-state index contributed by atoms with van der Waals surface area (Å²) in [7, 11) is 0. The van der Waals surface area contributed by atoms with Gasteiger partial charge in [0.2, 0.25) is 5.91 Å². The smallest absolute Gasteiger partial charge is 0.233 e. The van der Waals surface area contributed by atoms with Gasteiger partial charge < -0.3 is 9.88 Å². The monoisotopic (exact) mass is 308 g/mol. The normalized spacial score (nSPS) is 21.2. The molecule has 0 bridgehead atoms. The first-order valence-electron chi connectivity index (χ1n) is 8.08. The van der Waals surface area contributed by atoms with Crippen LogP contribution in [0, 0.1) is 5.92 Å². The molecule has 0 spiro atoms. The third kappa shape index (κ3) is 3.99. The van der Waals surface area contributed by atoms with E-state index in [4.69, 9.17) is 0 Å². The molecule has 2 aliphatic rings. The lowest BCUT2D eigenvalue weighted by Crippen LogP contribution is -2.35. The zero-order valence-corrected chi connectivity index (χ0v) is 13.4. The first-order valence-corrected chi connectivity index (χ1v) is 8.96. The summed E-state index contributed by atoms with van der Waals surface area (Å²) in [6.07, 6.45) is 10.7. The zero-order valence-electron chi connectivity index (χ0n) is 12.6. The van der Waals surface area contributed by atoms with Crippen LogP contribution in [0.2, 0.25) is 0 Å². The summed E-state index contributed by atoms with van der Waals surface area (Å²) in [6.45, 7) is 2.78. The number of amides is 1. The van der Waals surface area contributed by atoms with Crippen LogP contribution in [-0.4, -0.2) is 32.5 Å². The average molecular weight is 308 g/mol. The van der Waals surface area contributed by atoms with Crippen molar-refractivity contribution in [2.24, 2.45) is 5.92 Å². The molecule has 1 unspecified atom stereocenters. The lowest BCUT2D eigenvalue weighted by molar-refractivity contribution is -0.120. The van der Waals surface area contributed by atoms with Crippen LogP contribution in [-0.2, 0) is 4.79 Å². The maximum atomic E-state index is 12.2. The molecule has 21 heavy (non-hydrogen) atoms. The van der Waals surface area contributed by atoms with Gasteiger partial charge in [-0.15, -0.1) is 10.2 Å². The van der Waals surface area contributed by atoms with E-state index >= 15 is 0 Å². The second-order valence-corrected chi connectivity index (χ2v) is 7.57. The third-order valence-electron chi connectivity index (χ3n) is 4.42. The number of rotatable bonds is 6. The molecule has 2 fully saturated rings. The Morgan fingerprint density at radius 3 is 2.86 bits per heavy atom. The zero-order chi connectivity index (χ0) is 14.7. The molecule has 0 saturated heterocycles. The fourth-order valence-corrected chi connectivity index (χ4v) is 3.83. The SMILES string of the molecule is CC(Sc1nncn1C1CC1)C(=O)NCC1CCCCC1. The quantitative estimate of drug-likeness (QED) is 0.821. The van der Waals surface area contributed by atoms with E-state index in [0.29, 0.717) is 12.0 Å². The summed E-state index contributed by atoms with van der Waals surface area (Å²) in [5.74, 6) is 0.797. The Hall–Kier alpha value is -1.04. The number of carbonyl (C=O) groups excluding carboxylic acids is 1. The van der Waals surface area contributed by atoms with E-state index in [1.54, 1.807) is 6.33 Å². The molecule has 0 aliphatic heterocycles. The molecule has 1 atom stereocenters. The summed E-state index contributed by atoms with van der Waals surface area (Å²) in [5.41, 5.74) is 0. The van der Waals surface area contributed by atoms with Gasteiger partial charge in [0.1, 0.15) is 6.33 Å². The minimum Gasteiger partial charge on any atom is -0.355 e. The van der Waals surface area contributed by atoms with Crippen LogP contribution in [0.4, 0.5) is 0 Å². The minimum atomic E-state index is -0.115. The van der Waals surface area contributed by atoms with Crippen molar-refractivity contribution in [1.82, 2.24) is 20.1 Å². The Balaban J connectivity index is 1.46. The molecule has 3 rings (SSSR count). The highest BCUT2D eigenvalue weighted by Gasteiger charge is 2.28. The summed E-state index contributed by atoms with van der Waals surface area (Å²) >= 11 is 1.52. The third-order valence-corrected chi connectivity index (χ3v) is 5.49. The van der Waals surface area contributed by atoms with Gasteiger partial charge in [-0.1, -0.05) is 31.0 Å². The number of carbonyl (C=O) groups is 1. The van der Waals surface area contributed by atoms with Crippen molar-refractivity contribution < 1.29 is 4.79 Å². The maximum Gasteiger partial charge on any atom is 0.233 e. The maximum absolute atomic E-state index is 12.2. The first kappa shape index (κ1) is 14.9. The molecule has 116 valence electrons. The lowest BCUT2D eigenvalue weighted by Gasteiger charge is -2.22. The Kier molecular flexibility index (Phi) is 4.83. The topological polar surface area (TPSA) is 59.8 Å². The minimum absolute atomic E-state index is 0.115. The number of aromatic nitrogens is 3. The Morgan fingerprint density at radius 2 is 2.14 bits per heavy atom. The molecule has 1 heterocycles. The lowest BCUT2D eigenvalue weighted by atomic mass is 9.89. The number of nitrogens with one attached hydrogen (secondary N) is 1. The van der Waals surface area contributed by atoms with Crippen LogP contribution in [0.1, 0.15) is 57.9 Å².